The van der Waals surface area contributed by atoms with E-state index in [2.05, 4.69) is 15.0 Å². The van der Waals surface area contributed by atoms with Crippen molar-refractivity contribution in [2.24, 2.45) is 5.92 Å². The Bertz CT molecular complexity index is 835. The lowest BCUT2D eigenvalue weighted by Gasteiger charge is -2.42. The van der Waals surface area contributed by atoms with Crippen molar-refractivity contribution in [2.75, 3.05) is 32.7 Å². The standard InChI is InChI=1S/C23H27F3N2O2/c24-23(25,26)30-19-3-1-2-18(14-19)16-4-6-17(7-5-16)21(20-8-9-22(20)29)15-28-12-10-27-11-13-28/h1-7,14,20-22,27,29H,8-13,15H2. The summed E-state index contributed by atoms with van der Waals surface area (Å²) in [5.41, 5.74) is 2.68. The summed E-state index contributed by atoms with van der Waals surface area (Å²) in [5.74, 6) is 0.285. The van der Waals surface area contributed by atoms with Crippen LogP contribution in [0.1, 0.15) is 24.3 Å². The maximum absolute atomic E-state index is 12.5. The highest BCUT2D eigenvalue weighted by atomic mass is 19.4. The molecule has 3 atom stereocenters. The van der Waals surface area contributed by atoms with Gasteiger partial charge in [0.15, 0.2) is 0 Å². The number of benzene rings is 2. The molecule has 2 fully saturated rings. The van der Waals surface area contributed by atoms with Crippen LogP contribution in [0.4, 0.5) is 13.2 Å². The zero-order chi connectivity index (χ0) is 21.1. The molecule has 2 N–H and O–H groups in total. The highest BCUT2D eigenvalue weighted by molar-refractivity contribution is 5.65. The predicted octanol–water partition coefficient (Wildman–Crippen LogP) is 4.01. The molecule has 1 aliphatic heterocycles. The molecular formula is C23H27F3N2O2. The topological polar surface area (TPSA) is 44.7 Å². The van der Waals surface area contributed by atoms with Crippen molar-refractivity contribution in [3.8, 4) is 16.9 Å². The van der Waals surface area contributed by atoms with Gasteiger partial charge in [0.2, 0.25) is 0 Å². The number of piperazine rings is 1. The Hall–Kier alpha value is -2.09. The molecule has 0 radical (unpaired) electrons. The summed E-state index contributed by atoms with van der Waals surface area (Å²) in [4.78, 5) is 2.44. The summed E-state index contributed by atoms with van der Waals surface area (Å²) >= 11 is 0. The number of hydrogen-bond acceptors (Lipinski definition) is 4. The van der Waals surface area contributed by atoms with Crippen LogP contribution in [0.25, 0.3) is 11.1 Å². The summed E-state index contributed by atoms with van der Waals surface area (Å²) in [6.45, 7) is 4.88. The Morgan fingerprint density at radius 3 is 2.37 bits per heavy atom. The van der Waals surface area contributed by atoms with E-state index in [0.29, 0.717) is 5.56 Å². The van der Waals surface area contributed by atoms with E-state index in [9.17, 15) is 18.3 Å². The van der Waals surface area contributed by atoms with Crippen molar-refractivity contribution in [3.05, 3.63) is 54.1 Å². The Morgan fingerprint density at radius 2 is 1.77 bits per heavy atom. The molecule has 1 saturated carbocycles. The number of nitrogens with one attached hydrogen (secondary N) is 1. The van der Waals surface area contributed by atoms with Gasteiger partial charge < -0.3 is 20.1 Å². The third-order valence-corrected chi connectivity index (χ3v) is 6.21. The molecule has 30 heavy (non-hydrogen) atoms. The number of ether oxygens (including phenoxy) is 1. The molecule has 4 nitrogen and oxygen atoms in total. The summed E-state index contributed by atoms with van der Waals surface area (Å²) in [5, 5.41) is 13.7. The average molecular weight is 420 g/mol. The molecule has 0 amide bonds. The quantitative estimate of drug-likeness (QED) is 0.741. The van der Waals surface area contributed by atoms with Crippen LogP contribution in [0.15, 0.2) is 48.5 Å². The second-order valence-electron chi connectivity index (χ2n) is 8.16. The number of aliphatic hydroxyl groups is 1. The number of nitrogens with zero attached hydrogens (tertiary/aromatic N) is 1. The van der Waals surface area contributed by atoms with E-state index in [4.69, 9.17) is 0 Å². The smallest absolute Gasteiger partial charge is 0.406 e. The van der Waals surface area contributed by atoms with Gasteiger partial charge in [-0.1, -0.05) is 36.4 Å². The summed E-state index contributed by atoms with van der Waals surface area (Å²) < 4.78 is 41.6. The van der Waals surface area contributed by atoms with Gasteiger partial charge in [0.1, 0.15) is 5.75 Å². The Morgan fingerprint density at radius 1 is 1.03 bits per heavy atom. The average Bonchev–Trinajstić information content (AvgIpc) is 2.72. The second kappa shape index (κ2) is 8.96. The van der Waals surface area contributed by atoms with Crippen molar-refractivity contribution in [2.45, 2.75) is 31.2 Å². The van der Waals surface area contributed by atoms with Gasteiger partial charge in [-0.3, -0.25) is 0 Å². The number of aliphatic hydroxyl groups excluding tert-OH is 1. The maximum Gasteiger partial charge on any atom is 0.573 e. The molecule has 0 aromatic heterocycles. The van der Waals surface area contributed by atoms with Crippen LogP contribution in [0.5, 0.6) is 5.75 Å². The van der Waals surface area contributed by atoms with Crippen LogP contribution in [0.3, 0.4) is 0 Å². The number of alkyl halides is 3. The fourth-order valence-electron chi connectivity index (χ4n) is 4.43. The molecule has 4 rings (SSSR count). The van der Waals surface area contributed by atoms with E-state index < -0.39 is 6.36 Å². The van der Waals surface area contributed by atoms with E-state index in [1.165, 1.54) is 17.7 Å². The molecule has 162 valence electrons. The van der Waals surface area contributed by atoms with Crippen LogP contribution in [0.2, 0.25) is 0 Å². The normalized spacial score (nSPS) is 23.6. The van der Waals surface area contributed by atoms with Gasteiger partial charge in [-0.15, -0.1) is 13.2 Å². The van der Waals surface area contributed by atoms with Crippen LogP contribution >= 0.6 is 0 Å². The SMILES string of the molecule is OC1CCC1C(CN1CCNCC1)c1ccc(-c2cccc(OC(F)(F)F)c2)cc1. The number of halogens is 3. The van der Waals surface area contributed by atoms with Gasteiger partial charge in [0.05, 0.1) is 6.10 Å². The minimum absolute atomic E-state index is 0.224. The molecule has 7 heteroatoms. The molecule has 1 aliphatic carbocycles. The lowest BCUT2D eigenvalue weighted by atomic mass is 9.70. The fraction of sp³-hybridized carbons (Fsp3) is 0.478. The number of rotatable bonds is 6. The first kappa shape index (κ1) is 21.2. The summed E-state index contributed by atoms with van der Waals surface area (Å²) in [6.07, 6.45) is -3.08. The monoisotopic (exact) mass is 420 g/mol. The summed E-state index contributed by atoms with van der Waals surface area (Å²) in [7, 11) is 0. The van der Waals surface area contributed by atoms with Crippen LogP contribution < -0.4 is 10.1 Å². The Kier molecular flexibility index (Phi) is 6.32. The highest BCUT2D eigenvalue weighted by Crippen LogP contribution is 2.40. The van der Waals surface area contributed by atoms with E-state index in [-0.39, 0.29) is 23.7 Å². The van der Waals surface area contributed by atoms with Crippen molar-refractivity contribution in [1.82, 2.24) is 10.2 Å². The predicted molar refractivity (Wildman–Crippen MR) is 109 cm³/mol. The van der Waals surface area contributed by atoms with Crippen LogP contribution in [-0.4, -0.2) is 55.2 Å². The van der Waals surface area contributed by atoms with Crippen LogP contribution in [-0.2, 0) is 0 Å². The van der Waals surface area contributed by atoms with Gasteiger partial charge >= 0.3 is 6.36 Å². The van der Waals surface area contributed by atoms with Crippen LogP contribution in [0, 0.1) is 5.92 Å². The lowest BCUT2D eigenvalue weighted by Crippen LogP contribution is -2.47. The first-order valence-corrected chi connectivity index (χ1v) is 10.5. The molecule has 3 unspecified atom stereocenters. The molecule has 0 bridgehead atoms. The molecule has 1 heterocycles. The molecule has 2 aliphatic rings. The zero-order valence-electron chi connectivity index (χ0n) is 16.7. The van der Waals surface area contributed by atoms with Gasteiger partial charge in [-0.2, -0.15) is 0 Å². The van der Waals surface area contributed by atoms with Gasteiger partial charge in [0.25, 0.3) is 0 Å². The molecule has 2 aromatic carbocycles. The fourth-order valence-corrected chi connectivity index (χ4v) is 4.43. The van der Waals surface area contributed by atoms with Crippen molar-refractivity contribution >= 4 is 0 Å². The molecule has 0 spiro atoms. The van der Waals surface area contributed by atoms with Gasteiger partial charge in [-0.25, -0.2) is 0 Å². The highest BCUT2D eigenvalue weighted by Gasteiger charge is 2.37. The van der Waals surface area contributed by atoms with E-state index >= 15 is 0 Å². The van der Waals surface area contributed by atoms with Crippen molar-refractivity contribution < 1.29 is 23.0 Å². The minimum atomic E-state index is -4.71. The minimum Gasteiger partial charge on any atom is -0.406 e. The number of hydrogen-bond donors (Lipinski definition) is 2. The maximum atomic E-state index is 12.5. The third-order valence-electron chi connectivity index (χ3n) is 6.21. The summed E-state index contributed by atoms with van der Waals surface area (Å²) in [6, 6.07) is 14.0. The van der Waals surface area contributed by atoms with Crippen molar-refractivity contribution in [1.29, 1.82) is 0 Å². The first-order valence-electron chi connectivity index (χ1n) is 10.5. The van der Waals surface area contributed by atoms with E-state index in [1.807, 2.05) is 24.3 Å². The largest absolute Gasteiger partial charge is 0.573 e. The first-order chi connectivity index (χ1) is 14.4. The molecule has 1 saturated heterocycles. The Labute approximate surface area is 174 Å². The molecular weight excluding hydrogens is 393 g/mol. The zero-order valence-corrected chi connectivity index (χ0v) is 16.7. The van der Waals surface area contributed by atoms with Gasteiger partial charge in [0, 0.05) is 38.6 Å². The van der Waals surface area contributed by atoms with Gasteiger partial charge in [-0.05, 0) is 47.6 Å². The lowest BCUT2D eigenvalue weighted by molar-refractivity contribution is -0.274. The van der Waals surface area contributed by atoms with E-state index in [1.54, 1.807) is 12.1 Å². The third kappa shape index (κ3) is 5.14. The molecule has 2 aromatic rings. The van der Waals surface area contributed by atoms with E-state index in [0.717, 1.165) is 51.1 Å². The second-order valence-corrected chi connectivity index (χ2v) is 8.16. The Balaban J connectivity index is 1.52. The van der Waals surface area contributed by atoms with Crippen molar-refractivity contribution in [3.63, 3.8) is 0 Å².